The van der Waals surface area contributed by atoms with Crippen LogP contribution >= 0.6 is 12.2 Å². The van der Waals surface area contributed by atoms with E-state index in [2.05, 4.69) is 35.5 Å². The van der Waals surface area contributed by atoms with Crippen molar-refractivity contribution < 1.29 is 4.74 Å². The summed E-state index contributed by atoms with van der Waals surface area (Å²) in [4.78, 5) is 3.36. The van der Waals surface area contributed by atoms with Gasteiger partial charge in [0.2, 0.25) is 0 Å². The van der Waals surface area contributed by atoms with Gasteiger partial charge in [0.25, 0.3) is 0 Å². The first-order valence-corrected chi connectivity index (χ1v) is 8.37. The summed E-state index contributed by atoms with van der Waals surface area (Å²) in [6, 6.07) is 6.71. The maximum atomic E-state index is 5.73. The van der Waals surface area contributed by atoms with Crippen molar-refractivity contribution in [2.45, 2.75) is 46.1 Å². The monoisotopic (exact) mass is 304 g/mol. The van der Waals surface area contributed by atoms with Crippen molar-refractivity contribution in [3.63, 3.8) is 0 Å². The lowest BCUT2D eigenvalue weighted by molar-refractivity contribution is 0.223. The average molecular weight is 304 g/mol. The van der Waals surface area contributed by atoms with Crippen LogP contribution in [0, 0.1) is 16.6 Å². The molecule has 1 aromatic heterocycles. The summed E-state index contributed by atoms with van der Waals surface area (Å²) in [7, 11) is 0. The van der Waals surface area contributed by atoms with Crippen molar-refractivity contribution in [3.8, 4) is 5.75 Å². The van der Waals surface area contributed by atoms with Crippen LogP contribution in [0.4, 0.5) is 0 Å². The number of aromatic nitrogens is 2. The Balaban J connectivity index is 2.08. The molecule has 2 atom stereocenters. The fraction of sp³-hybridized carbons (Fsp3) is 0.588. The number of benzene rings is 1. The standard InChI is InChI=1S/C17H24N2OS/c1-4-20-15-7-5-6-14-16(15)18-17(21)19(14)13-9-11(2)8-12(3)10-13/h5-7,11-13H,4,8-10H2,1-3H3,(H,18,21). The van der Waals surface area contributed by atoms with E-state index in [4.69, 9.17) is 17.0 Å². The molecular weight excluding hydrogens is 280 g/mol. The van der Waals surface area contributed by atoms with Crippen LogP contribution in [0.1, 0.15) is 46.1 Å². The van der Waals surface area contributed by atoms with Crippen molar-refractivity contribution >= 4 is 23.3 Å². The minimum atomic E-state index is 0.502. The van der Waals surface area contributed by atoms with Gasteiger partial charge in [0.05, 0.1) is 12.1 Å². The number of nitrogens with one attached hydrogen (secondary N) is 1. The highest BCUT2D eigenvalue weighted by Gasteiger charge is 2.27. The van der Waals surface area contributed by atoms with E-state index in [0.717, 1.165) is 27.9 Å². The van der Waals surface area contributed by atoms with Gasteiger partial charge < -0.3 is 14.3 Å². The van der Waals surface area contributed by atoms with Crippen molar-refractivity contribution in [3.05, 3.63) is 23.0 Å². The number of fused-ring (bicyclic) bond motifs is 1. The van der Waals surface area contributed by atoms with E-state index in [-0.39, 0.29) is 0 Å². The Hall–Kier alpha value is -1.29. The zero-order chi connectivity index (χ0) is 15.0. The van der Waals surface area contributed by atoms with E-state index in [1.807, 2.05) is 13.0 Å². The second-order valence-corrected chi connectivity index (χ2v) is 6.84. The largest absolute Gasteiger partial charge is 0.492 e. The molecule has 21 heavy (non-hydrogen) atoms. The Kier molecular flexibility index (Phi) is 4.07. The Labute approximate surface area is 131 Å². The van der Waals surface area contributed by atoms with Gasteiger partial charge in [0, 0.05) is 6.04 Å². The highest BCUT2D eigenvalue weighted by molar-refractivity contribution is 7.71. The lowest BCUT2D eigenvalue weighted by Crippen LogP contribution is -2.22. The molecule has 114 valence electrons. The predicted octanol–water partition coefficient (Wildman–Crippen LogP) is 5.09. The summed E-state index contributed by atoms with van der Waals surface area (Å²) in [5, 5.41) is 0. The Morgan fingerprint density at radius 2 is 1.95 bits per heavy atom. The number of rotatable bonds is 3. The molecule has 2 aromatic rings. The Bertz CT molecular complexity index is 678. The second-order valence-electron chi connectivity index (χ2n) is 6.45. The first kappa shape index (κ1) is 14.6. The molecule has 0 bridgehead atoms. The minimum Gasteiger partial charge on any atom is -0.492 e. The van der Waals surface area contributed by atoms with E-state index < -0.39 is 0 Å². The Morgan fingerprint density at radius 3 is 2.62 bits per heavy atom. The molecule has 3 nitrogen and oxygen atoms in total. The molecule has 0 amide bonds. The second kappa shape index (κ2) is 5.84. The molecule has 1 aliphatic carbocycles. The fourth-order valence-electron chi connectivity index (χ4n) is 3.88. The van der Waals surface area contributed by atoms with Crippen LogP contribution in [0.15, 0.2) is 18.2 Å². The van der Waals surface area contributed by atoms with E-state index in [1.165, 1.54) is 24.8 Å². The zero-order valence-corrected chi connectivity index (χ0v) is 13.9. The van der Waals surface area contributed by atoms with Gasteiger partial charge in [-0.1, -0.05) is 19.9 Å². The predicted molar refractivity (Wildman–Crippen MR) is 89.5 cm³/mol. The molecule has 1 heterocycles. The molecule has 0 radical (unpaired) electrons. The summed E-state index contributed by atoms with van der Waals surface area (Å²) in [5.41, 5.74) is 2.22. The molecule has 0 saturated heterocycles. The number of hydrogen-bond donors (Lipinski definition) is 1. The fourth-order valence-corrected chi connectivity index (χ4v) is 4.23. The van der Waals surface area contributed by atoms with Crippen LogP contribution in [0.25, 0.3) is 11.0 Å². The third-order valence-corrected chi connectivity index (χ3v) is 4.83. The van der Waals surface area contributed by atoms with E-state index in [0.29, 0.717) is 12.6 Å². The number of para-hydroxylation sites is 1. The lowest BCUT2D eigenvalue weighted by Gasteiger charge is -2.32. The van der Waals surface area contributed by atoms with Crippen LogP contribution < -0.4 is 4.74 Å². The van der Waals surface area contributed by atoms with Crippen LogP contribution in [-0.2, 0) is 0 Å². The average Bonchev–Trinajstić information content (AvgIpc) is 2.75. The smallest absolute Gasteiger partial charge is 0.178 e. The molecule has 1 saturated carbocycles. The van der Waals surface area contributed by atoms with Crippen LogP contribution in [0.2, 0.25) is 0 Å². The normalized spacial score (nSPS) is 26.1. The van der Waals surface area contributed by atoms with Crippen LogP contribution in [0.3, 0.4) is 0 Å². The first-order valence-electron chi connectivity index (χ1n) is 7.96. The van der Waals surface area contributed by atoms with Gasteiger partial charge in [-0.3, -0.25) is 0 Å². The van der Waals surface area contributed by atoms with Crippen LogP contribution in [0.5, 0.6) is 5.75 Å². The maximum absolute atomic E-state index is 5.73. The SMILES string of the molecule is CCOc1cccc2c1[nH]c(=S)n2C1CC(C)CC(C)C1. The molecule has 1 aliphatic rings. The summed E-state index contributed by atoms with van der Waals surface area (Å²) in [6.07, 6.45) is 3.76. The van der Waals surface area contributed by atoms with Gasteiger partial charge in [0.15, 0.2) is 4.77 Å². The van der Waals surface area contributed by atoms with Crippen molar-refractivity contribution in [2.75, 3.05) is 6.61 Å². The Morgan fingerprint density at radius 1 is 1.24 bits per heavy atom. The van der Waals surface area contributed by atoms with Gasteiger partial charge in [-0.05, 0) is 62.4 Å². The number of H-pyrrole nitrogens is 1. The van der Waals surface area contributed by atoms with Crippen LogP contribution in [-0.4, -0.2) is 16.2 Å². The minimum absolute atomic E-state index is 0.502. The molecule has 0 aliphatic heterocycles. The third-order valence-electron chi connectivity index (χ3n) is 4.53. The maximum Gasteiger partial charge on any atom is 0.178 e. The summed E-state index contributed by atoms with van der Waals surface area (Å²) >= 11 is 5.61. The quantitative estimate of drug-likeness (QED) is 0.800. The van der Waals surface area contributed by atoms with Gasteiger partial charge in [-0.15, -0.1) is 0 Å². The number of nitrogens with zero attached hydrogens (tertiary/aromatic N) is 1. The van der Waals surface area contributed by atoms with E-state index >= 15 is 0 Å². The third kappa shape index (κ3) is 2.73. The topological polar surface area (TPSA) is 29.9 Å². The van der Waals surface area contributed by atoms with E-state index in [1.54, 1.807) is 0 Å². The van der Waals surface area contributed by atoms with E-state index in [9.17, 15) is 0 Å². The van der Waals surface area contributed by atoms with Gasteiger partial charge in [-0.2, -0.15) is 0 Å². The highest BCUT2D eigenvalue weighted by atomic mass is 32.1. The molecule has 1 fully saturated rings. The first-order chi connectivity index (χ1) is 10.1. The molecule has 0 spiro atoms. The van der Waals surface area contributed by atoms with Crippen molar-refractivity contribution in [1.82, 2.24) is 9.55 Å². The molecule has 1 aromatic carbocycles. The highest BCUT2D eigenvalue weighted by Crippen LogP contribution is 2.38. The molecule has 2 unspecified atom stereocenters. The molecule has 4 heteroatoms. The number of imidazole rings is 1. The molecule has 1 N–H and O–H groups in total. The van der Waals surface area contributed by atoms with Gasteiger partial charge in [-0.25, -0.2) is 0 Å². The molecular formula is C17H24N2OS. The molecule has 3 rings (SSSR count). The summed E-state index contributed by atoms with van der Waals surface area (Å²) < 4.78 is 8.87. The van der Waals surface area contributed by atoms with Crippen molar-refractivity contribution in [1.29, 1.82) is 0 Å². The van der Waals surface area contributed by atoms with Gasteiger partial charge in [0.1, 0.15) is 11.3 Å². The summed E-state index contributed by atoms with van der Waals surface area (Å²) in [6.45, 7) is 7.39. The van der Waals surface area contributed by atoms with Crippen molar-refractivity contribution in [2.24, 2.45) is 11.8 Å². The number of hydrogen-bond acceptors (Lipinski definition) is 2. The summed E-state index contributed by atoms with van der Waals surface area (Å²) in [5.74, 6) is 2.43. The number of ether oxygens (including phenoxy) is 1. The zero-order valence-electron chi connectivity index (χ0n) is 13.1. The number of aromatic amines is 1. The van der Waals surface area contributed by atoms with Gasteiger partial charge >= 0.3 is 0 Å². The lowest BCUT2D eigenvalue weighted by atomic mass is 9.80.